The van der Waals surface area contributed by atoms with Crippen LogP contribution in [0.15, 0.2) is 35.9 Å². The monoisotopic (exact) mass is 422 g/mol. The molecule has 1 heterocycles. The molecule has 3 rings (SSSR count). The van der Waals surface area contributed by atoms with Gasteiger partial charge in [-0.25, -0.2) is 13.2 Å². The molecule has 1 aromatic carbocycles. The smallest absolute Gasteiger partial charge is 0.335 e. The minimum atomic E-state index is -3.62. The van der Waals surface area contributed by atoms with Crippen LogP contribution in [-0.2, 0) is 41.0 Å². The molecule has 160 valence electrons. The minimum absolute atomic E-state index is 0.0942. The van der Waals surface area contributed by atoms with Gasteiger partial charge in [-0.2, -0.15) is 0 Å². The maximum atomic E-state index is 13.4. The highest BCUT2D eigenvalue weighted by atomic mass is 32.2. The molecule has 0 aromatic heterocycles. The molecule has 0 amide bonds. The van der Waals surface area contributed by atoms with Crippen molar-refractivity contribution in [1.82, 2.24) is 0 Å². The van der Waals surface area contributed by atoms with Crippen LogP contribution >= 0.6 is 0 Å². The second-order valence-corrected chi connectivity index (χ2v) is 9.72. The summed E-state index contributed by atoms with van der Waals surface area (Å²) in [5.74, 6) is -1.71. The van der Waals surface area contributed by atoms with Crippen molar-refractivity contribution in [2.24, 2.45) is 0 Å². The maximum absolute atomic E-state index is 13.4. The summed E-state index contributed by atoms with van der Waals surface area (Å²) in [6, 6.07) is 7.64. The largest absolute Gasteiger partial charge is 0.463 e. The molecule has 1 spiro atoms. The molecule has 1 aliphatic carbocycles. The number of carbonyl (C=O) groups is 1. The van der Waals surface area contributed by atoms with Gasteiger partial charge in [0, 0.05) is 6.42 Å². The van der Waals surface area contributed by atoms with Crippen molar-refractivity contribution in [1.29, 1.82) is 0 Å². The van der Waals surface area contributed by atoms with Crippen molar-refractivity contribution >= 4 is 15.8 Å². The summed E-state index contributed by atoms with van der Waals surface area (Å²) in [5, 5.41) is -0.917. The molecular weight excluding hydrogens is 392 g/mol. The van der Waals surface area contributed by atoms with Crippen LogP contribution in [0.5, 0.6) is 0 Å². The average molecular weight is 423 g/mol. The van der Waals surface area contributed by atoms with Gasteiger partial charge in [0.25, 0.3) is 0 Å². The third kappa shape index (κ3) is 5.08. The Morgan fingerprint density at radius 3 is 2.52 bits per heavy atom. The van der Waals surface area contributed by atoms with Crippen LogP contribution in [0, 0.1) is 0 Å². The summed E-state index contributed by atoms with van der Waals surface area (Å²) in [6.45, 7) is 4.84. The summed E-state index contributed by atoms with van der Waals surface area (Å²) >= 11 is 0. The van der Waals surface area contributed by atoms with Gasteiger partial charge in [-0.15, -0.1) is 0 Å². The van der Waals surface area contributed by atoms with Crippen molar-refractivity contribution in [2.75, 3.05) is 19.8 Å². The number of hydrogen-bond donors (Lipinski definition) is 0. The Balaban J connectivity index is 1.90. The lowest BCUT2D eigenvalue weighted by molar-refractivity contribution is -0.143. The molecule has 1 unspecified atom stereocenters. The molecule has 6 nitrogen and oxygen atoms in total. The zero-order valence-electron chi connectivity index (χ0n) is 17.2. The lowest BCUT2D eigenvalue weighted by atomic mass is 9.94. The number of esters is 1. The van der Waals surface area contributed by atoms with Gasteiger partial charge >= 0.3 is 5.97 Å². The van der Waals surface area contributed by atoms with E-state index in [2.05, 4.69) is 6.92 Å². The summed E-state index contributed by atoms with van der Waals surface area (Å²) in [4.78, 5) is 12.6. The number of sulfone groups is 1. The molecule has 29 heavy (non-hydrogen) atoms. The molecular formula is C22H30O6S. The van der Waals surface area contributed by atoms with Crippen LogP contribution in [0.4, 0.5) is 0 Å². The van der Waals surface area contributed by atoms with Crippen molar-refractivity contribution in [3.05, 3.63) is 47.0 Å². The predicted molar refractivity (Wildman–Crippen MR) is 110 cm³/mol. The molecule has 1 saturated heterocycles. The Morgan fingerprint density at radius 1 is 1.17 bits per heavy atom. The molecule has 7 heteroatoms. The van der Waals surface area contributed by atoms with E-state index in [1.54, 1.807) is 6.92 Å². The van der Waals surface area contributed by atoms with Gasteiger partial charge in [-0.3, -0.25) is 0 Å². The Hall–Kier alpha value is -1.70. The lowest BCUT2D eigenvalue weighted by Crippen LogP contribution is -2.41. The predicted octanol–water partition coefficient (Wildman–Crippen LogP) is 3.34. The normalized spacial score (nSPS) is 21.2. The Kier molecular flexibility index (Phi) is 7.14. The SMILES string of the molecule is CCCCc1ccccc1CS(=O)(=O)C1CCC2(C=C1C(=O)OCC)OCCO2. The summed E-state index contributed by atoms with van der Waals surface area (Å²) < 4.78 is 43.3. The van der Waals surface area contributed by atoms with Gasteiger partial charge in [-0.1, -0.05) is 37.6 Å². The molecule has 1 fully saturated rings. The maximum Gasteiger partial charge on any atom is 0.335 e. The fourth-order valence-corrected chi connectivity index (χ4v) is 5.94. The minimum Gasteiger partial charge on any atom is -0.463 e. The van der Waals surface area contributed by atoms with E-state index in [1.807, 2.05) is 24.3 Å². The van der Waals surface area contributed by atoms with E-state index >= 15 is 0 Å². The van der Waals surface area contributed by atoms with E-state index in [1.165, 1.54) is 6.08 Å². The van der Waals surface area contributed by atoms with Crippen LogP contribution in [0.2, 0.25) is 0 Å². The number of hydrogen-bond acceptors (Lipinski definition) is 6. The van der Waals surface area contributed by atoms with Gasteiger partial charge in [0.2, 0.25) is 0 Å². The van der Waals surface area contributed by atoms with Crippen LogP contribution < -0.4 is 0 Å². The van der Waals surface area contributed by atoms with Crippen molar-refractivity contribution in [2.45, 2.75) is 62.7 Å². The first-order chi connectivity index (χ1) is 13.9. The number of benzene rings is 1. The van der Waals surface area contributed by atoms with Crippen molar-refractivity contribution in [3.8, 4) is 0 Å². The average Bonchev–Trinajstić information content (AvgIpc) is 3.14. The van der Waals surface area contributed by atoms with Gasteiger partial charge in [0.05, 0.1) is 36.4 Å². The summed E-state index contributed by atoms with van der Waals surface area (Å²) in [7, 11) is -3.62. The second kappa shape index (κ2) is 9.41. The van der Waals surface area contributed by atoms with E-state index in [0.717, 1.165) is 30.4 Å². The summed E-state index contributed by atoms with van der Waals surface area (Å²) in [5.41, 5.74) is 1.98. The van der Waals surface area contributed by atoms with Crippen LogP contribution in [-0.4, -0.2) is 45.2 Å². The van der Waals surface area contributed by atoms with Gasteiger partial charge < -0.3 is 14.2 Å². The molecule has 1 atom stereocenters. The first-order valence-electron chi connectivity index (χ1n) is 10.4. The molecule has 1 aliphatic heterocycles. The Labute approximate surface area is 173 Å². The number of unbranched alkanes of at least 4 members (excludes halogenated alkanes) is 1. The zero-order valence-corrected chi connectivity index (χ0v) is 18.0. The van der Waals surface area contributed by atoms with E-state index in [4.69, 9.17) is 14.2 Å². The highest BCUT2D eigenvalue weighted by molar-refractivity contribution is 7.91. The third-order valence-corrected chi connectivity index (χ3v) is 7.54. The highest BCUT2D eigenvalue weighted by Crippen LogP contribution is 2.38. The molecule has 2 aliphatic rings. The number of carbonyl (C=O) groups excluding carboxylic acids is 1. The molecule has 0 bridgehead atoms. The number of ether oxygens (including phenoxy) is 3. The van der Waals surface area contributed by atoms with Crippen LogP contribution in [0.3, 0.4) is 0 Å². The lowest BCUT2D eigenvalue weighted by Gasteiger charge is -2.33. The number of aryl methyl sites for hydroxylation is 1. The molecule has 0 saturated carbocycles. The van der Waals surface area contributed by atoms with E-state index < -0.39 is 26.8 Å². The third-order valence-electron chi connectivity index (χ3n) is 5.47. The van der Waals surface area contributed by atoms with Crippen LogP contribution in [0.1, 0.15) is 50.7 Å². The molecule has 0 N–H and O–H groups in total. The number of rotatable bonds is 8. The van der Waals surface area contributed by atoms with E-state index in [-0.39, 0.29) is 24.4 Å². The quantitative estimate of drug-likeness (QED) is 0.598. The van der Waals surface area contributed by atoms with Gasteiger partial charge in [0.15, 0.2) is 15.6 Å². The van der Waals surface area contributed by atoms with E-state index in [0.29, 0.717) is 19.6 Å². The fourth-order valence-electron chi connectivity index (χ4n) is 3.99. The highest BCUT2D eigenvalue weighted by Gasteiger charge is 2.46. The Morgan fingerprint density at radius 2 is 1.86 bits per heavy atom. The zero-order chi connectivity index (χ0) is 20.9. The molecule has 0 radical (unpaired) electrons. The summed E-state index contributed by atoms with van der Waals surface area (Å²) in [6.07, 6.45) is 5.10. The first kappa shape index (κ1) is 22.0. The standard InChI is InChI=1S/C22H30O6S/c1-3-5-8-17-9-6-7-10-18(17)16-29(24,25)20-11-12-22(27-13-14-28-22)15-19(20)21(23)26-4-2/h6-7,9-10,15,20H,3-5,8,11-14,16H2,1-2H3. The topological polar surface area (TPSA) is 78.9 Å². The van der Waals surface area contributed by atoms with Crippen LogP contribution in [0.25, 0.3) is 0 Å². The molecule has 1 aromatic rings. The first-order valence-corrected chi connectivity index (χ1v) is 12.1. The van der Waals surface area contributed by atoms with Crippen molar-refractivity contribution < 1.29 is 27.4 Å². The van der Waals surface area contributed by atoms with Gasteiger partial charge in [-0.05, 0) is 43.4 Å². The Bertz CT molecular complexity index is 852. The van der Waals surface area contributed by atoms with E-state index in [9.17, 15) is 13.2 Å². The fraction of sp³-hybridized carbons (Fsp3) is 0.591. The second-order valence-electron chi connectivity index (χ2n) is 7.54. The van der Waals surface area contributed by atoms with Gasteiger partial charge in [0.1, 0.15) is 0 Å². The van der Waals surface area contributed by atoms with Crippen molar-refractivity contribution in [3.63, 3.8) is 0 Å².